The van der Waals surface area contributed by atoms with E-state index >= 15 is 0 Å². The van der Waals surface area contributed by atoms with Gasteiger partial charge in [0.15, 0.2) is 0 Å². The summed E-state index contributed by atoms with van der Waals surface area (Å²) in [7, 11) is 0. The van der Waals surface area contributed by atoms with Gasteiger partial charge in [0.2, 0.25) is 5.88 Å². The molecular formula is C16H21N3O. The van der Waals surface area contributed by atoms with Crippen molar-refractivity contribution in [2.75, 3.05) is 26.2 Å². The van der Waals surface area contributed by atoms with E-state index in [0.717, 1.165) is 31.5 Å². The maximum absolute atomic E-state index is 9.22. The summed E-state index contributed by atoms with van der Waals surface area (Å²) in [5.41, 5.74) is 2.94. The Kier molecular flexibility index (Phi) is 4.17. The molecule has 3 rings (SSSR count). The molecule has 0 spiro atoms. The Morgan fingerprint density at radius 1 is 1.20 bits per heavy atom. The van der Waals surface area contributed by atoms with Crippen LogP contribution in [0.5, 0.6) is 5.88 Å². The van der Waals surface area contributed by atoms with Crippen LogP contribution in [0, 0.1) is 11.3 Å². The Bertz CT molecular complexity index is 515. The molecule has 1 aromatic rings. The summed E-state index contributed by atoms with van der Waals surface area (Å²) in [5.74, 6) is 0.533. The van der Waals surface area contributed by atoms with Gasteiger partial charge in [-0.2, -0.15) is 5.26 Å². The van der Waals surface area contributed by atoms with Crippen LogP contribution in [-0.4, -0.2) is 36.1 Å². The molecule has 1 aromatic heterocycles. The van der Waals surface area contributed by atoms with Crippen molar-refractivity contribution < 1.29 is 4.74 Å². The van der Waals surface area contributed by atoms with Crippen molar-refractivity contribution in [3.05, 3.63) is 22.9 Å². The molecule has 1 fully saturated rings. The molecule has 0 bridgehead atoms. The normalized spacial score (nSPS) is 18.6. The van der Waals surface area contributed by atoms with Crippen LogP contribution in [0.25, 0.3) is 0 Å². The molecule has 0 amide bonds. The van der Waals surface area contributed by atoms with Crippen LogP contribution in [0.2, 0.25) is 0 Å². The second-order valence-corrected chi connectivity index (χ2v) is 5.66. The van der Waals surface area contributed by atoms with Crippen LogP contribution < -0.4 is 4.74 Å². The van der Waals surface area contributed by atoms with E-state index in [0.29, 0.717) is 18.1 Å². The van der Waals surface area contributed by atoms with Crippen molar-refractivity contribution in [3.63, 3.8) is 0 Å². The van der Waals surface area contributed by atoms with Crippen LogP contribution in [-0.2, 0) is 12.8 Å². The third kappa shape index (κ3) is 2.94. The Morgan fingerprint density at radius 3 is 2.85 bits per heavy atom. The van der Waals surface area contributed by atoms with Gasteiger partial charge in [0.05, 0.1) is 0 Å². The molecule has 4 nitrogen and oxygen atoms in total. The van der Waals surface area contributed by atoms with Crippen LogP contribution in [0.15, 0.2) is 6.07 Å². The Balaban J connectivity index is 1.60. The largest absolute Gasteiger partial charge is 0.475 e. The maximum atomic E-state index is 9.22. The lowest BCUT2D eigenvalue weighted by molar-refractivity contribution is 0.180. The molecule has 106 valence electrons. The van der Waals surface area contributed by atoms with Crippen molar-refractivity contribution in [1.82, 2.24) is 9.88 Å². The van der Waals surface area contributed by atoms with Crippen molar-refractivity contribution in [2.45, 2.75) is 38.5 Å². The van der Waals surface area contributed by atoms with Gasteiger partial charge < -0.3 is 4.74 Å². The number of aryl methyl sites for hydroxylation is 2. The first-order chi connectivity index (χ1) is 9.86. The van der Waals surface area contributed by atoms with E-state index in [4.69, 9.17) is 4.74 Å². The fraction of sp³-hybridized carbons (Fsp3) is 0.625. The average Bonchev–Trinajstić information content (AvgIpc) is 2.94. The molecule has 1 aliphatic carbocycles. The number of piperidine rings is 1. The number of nitriles is 1. The Hall–Kier alpha value is -1.60. The van der Waals surface area contributed by atoms with E-state index in [-0.39, 0.29) is 0 Å². The molecule has 1 saturated heterocycles. The van der Waals surface area contributed by atoms with Gasteiger partial charge in [-0.3, -0.25) is 4.90 Å². The van der Waals surface area contributed by atoms with Gasteiger partial charge in [-0.05, 0) is 56.8 Å². The molecule has 2 heterocycles. The second-order valence-electron chi connectivity index (χ2n) is 5.66. The minimum Gasteiger partial charge on any atom is -0.475 e. The highest BCUT2D eigenvalue weighted by Crippen LogP contribution is 2.26. The van der Waals surface area contributed by atoms with Gasteiger partial charge in [0, 0.05) is 12.2 Å². The molecule has 0 unspecified atom stereocenters. The standard InChI is InChI=1S/C16H21N3O/c17-12-14-11-13-5-4-6-15(13)18-16(14)20-10-9-19-7-2-1-3-8-19/h11H,1-10H2. The summed E-state index contributed by atoms with van der Waals surface area (Å²) in [5, 5.41) is 9.22. The summed E-state index contributed by atoms with van der Waals surface area (Å²) < 4.78 is 5.78. The minimum atomic E-state index is 0.533. The molecular weight excluding hydrogens is 250 g/mol. The zero-order chi connectivity index (χ0) is 13.8. The monoisotopic (exact) mass is 271 g/mol. The first-order valence-electron chi connectivity index (χ1n) is 7.65. The number of ether oxygens (including phenoxy) is 1. The van der Waals surface area contributed by atoms with Gasteiger partial charge in [-0.25, -0.2) is 4.98 Å². The van der Waals surface area contributed by atoms with E-state index in [2.05, 4.69) is 16.0 Å². The molecule has 0 radical (unpaired) electrons. The lowest BCUT2D eigenvalue weighted by atomic mass is 10.1. The first kappa shape index (κ1) is 13.4. The molecule has 0 saturated carbocycles. The quantitative estimate of drug-likeness (QED) is 0.843. The molecule has 0 atom stereocenters. The van der Waals surface area contributed by atoms with Crippen molar-refractivity contribution >= 4 is 0 Å². The van der Waals surface area contributed by atoms with E-state index in [1.807, 2.05) is 6.07 Å². The van der Waals surface area contributed by atoms with Crippen molar-refractivity contribution in [1.29, 1.82) is 5.26 Å². The second kappa shape index (κ2) is 6.23. The molecule has 20 heavy (non-hydrogen) atoms. The predicted octanol–water partition coefficient (Wildman–Crippen LogP) is 2.31. The zero-order valence-electron chi connectivity index (χ0n) is 11.9. The highest BCUT2D eigenvalue weighted by molar-refractivity contribution is 5.44. The third-order valence-corrected chi connectivity index (χ3v) is 4.23. The number of rotatable bonds is 4. The topological polar surface area (TPSA) is 49.1 Å². The van der Waals surface area contributed by atoms with Crippen molar-refractivity contribution in [2.24, 2.45) is 0 Å². The van der Waals surface area contributed by atoms with Crippen molar-refractivity contribution in [3.8, 4) is 11.9 Å². The predicted molar refractivity (Wildman–Crippen MR) is 76.8 cm³/mol. The Morgan fingerprint density at radius 2 is 2.05 bits per heavy atom. The number of nitrogens with zero attached hydrogens (tertiary/aromatic N) is 3. The third-order valence-electron chi connectivity index (χ3n) is 4.23. The fourth-order valence-corrected chi connectivity index (χ4v) is 3.10. The van der Waals surface area contributed by atoms with E-state index in [1.54, 1.807) is 0 Å². The number of aromatic nitrogens is 1. The highest BCUT2D eigenvalue weighted by Gasteiger charge is 2.17. The number of hydrogen-bond acceptors (Lipinski definition) is 4. The van der Waals surface area contributed by atoms with Crippen LogP contribution in [0.3, 0.4) is 0 Å². The molecule has 4 heteroatoms. The van der Waals surface area contributed by atoms with Crippen LogP contribution >= 0.6 is 0 Å². The summed E-state index contributed by atoms with van der Waals surface area (Å²) in [6, 6.07) is 4.18. The zero-order valence-corrected chi connectivity index (χ0v) is 11.9. The van der Waals surface area contributed by atoms with Gasteiger partial charge in [-0.1, -0.05) is 6.42 Å². The summed E-state index contributed by atoms with van der Waals surface area (Å²) in [6.45, 7) is 3.91. The van der Waals surface area contributed by atoms with Gasteiger partial charge >= 0.3 is 0 Å². The molecule has 0 aromatic carbocycles. The smallest absolute Gasteiger partial charge is 0.231 e. The molecule has 2 aliphatic rings. The number of hydrogen-bond donors (Lipinski definition) is 0. The van der Waals surface area contributed by atoms with E-state index in [1.165, 1.54) is 37.9 Å². The number of likely N-dealkylation sites (tertiary alicyclic amines) is 1. The Labute approximate surface area is 120 Å². The minimum absolute atomic E-state index is 0.533. The lowest BCUT2D eigenvalue weighted by Gasteiger charge is -2.26. The molecule has 0 N–H and O–H groups in total. The van der Waals surface area contributed by atoms with Gasteiger partial charge in [0.1, 0.15) is 18.2 Å². The lowest BCUT2D eigenvalue weighted by Crippen LogP contribution is -2.33. The molecule has 1 aliphatic heterocycles. The summed E-state index contributed by atoms with van der Waals surface area (Å²) >= 11 is 0. The maximum Gasteiger partial charge on any atom is 0.231 e. The highest BCUT2D eigenvalue weighted by atomic mass is 16.5. The van der Waals surface area contributed by atoms with Crippen LogP contribution in [0.1, 0.15) is 42.5 Å². The van der Waals surface area contributed by atoms with Gasteiger partial charge in [-0.15, -0.1) is 0 Å². The SMILES string of the molecule is N#Cc1cc2c(nc1OCCN1CCCCC1)CCC2. The fourth-order valence-electron chi connectivity index (χ4n) is 3.10. The van der Waals surface area contributed by atoms with E-state index < -0.39 is 0 Å². The number of fused-ring (bicyclic) bond motifs is 1. The first-order valence-corrected chi connectivity index (χ1v) is 7.65. The van der Waals surface area contributed by atoms with Gasteiger partial charge in [0.25, 0.3) is 0 Å². The summed E-state index contributed by atoms with van der Waals surface area (Å²) in [4.78, 5) is 6.98. The average molecular weight is 271 g/mol. The summed E-state index contributed by atoms with van der Waals surface area (Å²) in [6.07, 6.45) is 7.14. The van der Waals surface area contributed by atoms with E-state index in [9.17, 15) is 5.26 Å². The number of pyridine rings is 1. The van der Waals surface area contributed by atoms with Crippen LogP contribution in [0.4, 0.5) is 0 Å².